The van der Waals surface area contributed by atoms with Crippen LogP contribution in [0.1, 0.15) is 11.3 Å². The lowest BCUT2D eigenvalue weighted by Gasteiger charge is -2.05. The number of aryl methyl sites for hydroxylation is 1. The second-order valence-corrected chi connectivity index (χ2v) is 3.84. The highest BCUT2D eigenvalue weighted by Gasteiger charge is 2.12. The molecule has 0 saturated carbocycles. The van der Waals surface area contributed by atoms with Crippen LogP contribution in [0.15, 0.2) is 29.1 Å². The van der Waals surface area contributed by atoms with Gasteiger partial charge < -0.3 is 4.98 Å². The quantitative estimate of drug-likeness (QED) is 0.840. The van der Waals surface area contributed by atoms with E-state index in [0.29, 0.717) is 5.69 Å². The zero-order valence-corrected chi connectivity index (χ0v) is 9.42. The number of nitrogens with one attached hydrogen (secondary N) is 1. The van der Waals surface area contributed by atoms with Gasteiger partial charge in [0.15, 0.2) is 0 Å². The number of hydrogen-bond acceptors (Lipinski definition) is 2. The number of H-pyrrole nitrogens is 1. The second-order valence-electron chi connectivity index (χ2n) is 3.84. The van der Waals surface area contributed by atoms with Gasteiger partial charge in [0, 0.05) is 17.3 Å². The molecule has 2 aromatic rings. The van der Waals surface area contributed by atoms with Crippen LogP contribution >= 0.6 is 0 Å². The molecule has 1 heterocycles. The molecule has 90 valence electrons. The Balaban J connectivity index is 2.78. The van der Waals surface area contributed by atoms with E-state index in [1.807, 2.05) is 0 Å². The van der Waals surface area contributed by atoms with E-state index >= 15 is 0 Å². The lowest BCUT2D eigenvalue weighted by Crippen LogP contribution is -2.12. The van der Waals surface area contributed by atoms with Gasteiger partial charge in [-0.3, -0.25) is 4.79 Å². The third kappa shape index (κ3) is 2.13. The summed E-state index contributed by atoms with van der Waals surface area (Å²) in [7, 11) is 0. The molecular weight excluding hydrogens is 238 g/mol. The van der Waals surface area contributed by atoms with Crippen molar-refractivity contribution in [3.8, 4) is 17.2 Å². The van der Waals surface area contributed by atoms with E-state index in [-0.39, 0.29) is 16.7 Å². The fraction of sp³-hybridized carbons (Fsp3) is 0.0769. The molecular formula is C13H8F2N2O. The maximum atomic E-state index is 13.1. The molecule has 0 aliphatic heterocycles. The van der Waals surface area contributed by atoms with Gasteiger partial charge in [0.05, 0.1) is 0 Å². The van der Waals surface area contributed by atoms with Crippen LogP contribution in [0.25, 0.3) is 11.1 Å². The molecule has 3 nitrogen and oxygen atoms in total. The molecule has 2 rings (SSSR count). The first kappa shape index (κ1) is 12.0. The Bertz CT molecular complexity index is 694. The highest BCUT2D eigenvalue weighted by Crippen LogP contribution is 2.23. The third-order valence-electron chi connectivity index (χ3n) is 2.45. The van der Waals surface area contributed by atoms with Crippen molar-refractivity contribution in [3.63, 3.8) is 0 Å². The van der Waals surface area contributed by atoms with E-state index < -0.39 is 17.2 Å². The van der Waals surface area contributed by atoms with Crippen LogP contribution in [0.5, 0.6) is 0 Å². The number of aromatic nitrogens is 1. The zero-order chi connectivity index (χ0) is 13.3. The van der Waals surface area contributed by atoms with Crippen LogP contribution in [-0.2, 0) is 0 Å². The molecule has 1 aromatic carbocycles. The van der Waals surface area contributed by atoms with E-state index in [9.17, 15) is 13.6 Å². The lowest BCUT2D eigenvalue weighted by atomic mass is 10.0. The van der Waals surface area contributed by atoms with Gasteiger partial charge >= 0.3 is 0 Å². The summed E-state index contributed by atoms with van der Waals surface area (Å²) in [4.78, 5) is 14.0. The van der Waals surface area contributed by atoms with Gasteiger partial charge in [0.1, 0.15) is 23.3 Å². The minimum Gasteiger partial charge on any atom is -0.325 e. The Morgan fingerprint density at radius 1 is 1.17 bits per heavy atom. The number of benzene rings is 1. The normalized spacial score (nSPS) is 10.1. The first-order valence-electron chi connectivity index (χ1n) is 5.12. The number of halogens is 2. The predicted octanol–water partition coefficient (Wildman–Crippen LogP) is 2.50. The average molecular weight is 246 g/mol. The van der Waals surface area contributed by atoms with Crippen LogP contribution in [0.4, 0.5) is 8.78 Å². The SMILES string of the molecule is Cc1cc(-c2cc(F)cc(F)c2)c(C#N)c(=O)[nH]1. The summed E-state index contributed by atoms with van der Waals surface area (Å²) < 4.78 is 26.3. The van der Waals surface area contributed by atoms with Crippen LogP contribution in [0.3, 0.4) is 0 Å². The summed E-state index contributed by atoms with van der Waals surface area (Å²) in [5.74, 6) is -1.52. The number of hydrogen-bond donors (Lipinski definition) is 1. The van der Waals surface area contributed by atoms with Crippen molar-refractivity contribution in [2.45, 2.75) is 6.92 Å². The van der Waals surface area contributed by atoms with Crippen molar-refractivity contribution < 1.29 is 8.78 Å². The van der Waals surface area contributed by atoms with Gasteiger partial charge in [-0.2, -0.15) is 5.26 Å². The minimum absolute atomic E-state index is 0.161. The standard InChI is InChI=1S/C13H8F2N2O/c1-7-2-11(12(6-16)13(18)17-7)8-3-9(14)5-10(15)4-8/h2-5H,1H3,(H,17,18). The van der Waals surface area contributed by atoms with Gasteiger partial charge in [0.2, 0.25) is 0 Å². The summed E-state index contributed by atoms with van der Waals surface area (Å²) in [6.07, 6.45) is 0. The Morgan fingerprint density at radius 3 is 2.33 bits per heavy atom. The molecule has 0 aliphatic rings. The molecule has 18 heavy (non-hydrogen) atoms. The maximum Gasteiger partial charge on any atom is 0.266 e. The van der Waals surface area contributed by atoms with E-state index in [0.717, 1.165) is 18.2 Å². The van der Waals surface area contributed by atoms with Crippen molar-refractivity contribution >= 4 is 0 Å². The molecule has 0 spiro atoms. The molecule has 1 N–H and O–H groups in total. The van der Waals surface area contributed by atoms with Crippen LogP contribution in [0, 0.1) is 29.9 Å². The lowest BCUT2D eigenvalue weighted by molar-refractivity contribution is 0.584. The molecule has 0 unspecified atom stereocenters. The van der Waals surface area contributed by atoms with Crippen molar-refractivity contribution in [2.24, 2.45) is 0 Å². The smallest absolute Gasteiger partial charge is 0.266 e. The van der Waals surface area contributed by atoms with Crippen LogP contribution in [-0.4, -0.2) is 4.98 Å². The maximum absolute atomic E-state index is 13.1. The molecule has 0 aliphatic carbocycles. The van der Waals surface area contributed by atoms with Gasteiger partial charge in [-0.15, -0.1) is 0 Å². The fourth-order valence-corrected chi connectivity index (χ4v) is 1.74. The zero-order valence-electron chi connectivity index (χ0n) is 9.42. The van der Waals surface area contributed by atoms with Gasteiger partial charge in [0.25, 0.3) is 5.56 Å². The molecule has 0 atom stereocenters. The summed E-state index contributed by atoms with van der Waals surface area (Å²) in [5, 5.41) is 8.93. The highest BCUT2D eigenvalue weighted by atomic mass is 19.1. The largest absolute Gasteiger partial charge is 0.325 e. The Kier molecular flexibility index (Phi) is 2.94. The van der Waals surface area contributed by atoms with E-state index in [1.165, 1.54) is 6.07 Å². The number of aromatic amines is 1. The van der Waals surface area contributed by atoms with E-state index in [4.69, 9.17) is 5.26 Å². The van der Waals surface area contributed by atoms with Gasteiger partial charge in [-0.1, -0.05) is 0 Å². The molecule has 1 aromatic heterocycles. The Hall–Kier alpha value is -2.48. The van der Waals surface area contributed by atoms with Crippen LogP contribution in [0.2, 0.25) is 0 Å². The van der Waals surface area contributed by atoms with Crippen molar-refractivity contribution in [1.82, 2.24) is 4.98 Å². The van der Waals surface area contributed by atoms with E-state index in [1.54, 1.807) is 13.0 Å². The predicted molar refractivity (Wildman–Crippen MR) is 61.9 cm³/mol. The average Bonchev–Trinajstić information content (AvgIpc) is 2.26. The minimum atomic E-state index is -0.758. The van der Waals surface area contributed by atoms with Crippen molar-refractivity contribution in [2.75, 3.05) is 0 Å². The molecule has 0 bridgehead atoms. The summed E-state index contributed by atoms with van der Waals surface area (Å²) >= 11 is 0. The third-order valence-corrected chi connectivity index (χ3v) is 2.45. The topological polar surface area (TPSA) is 56.6 Å². The molecule has 0 fully saturated rings. The first-order valence-corrected chi connectivity index (χ1v) is 5.12. The summed E-state index contributed by atoms with van der Waals surface area (Å²) in [6.45, 7) is 1.63. The Morgan fingerprint density at radius 2 is 1.78 bits per heavy atom. The highest BCUT2D eigenvalue weighted by molar-refractivity contribution is 5.70. The monoisotopic (exact) mass is 246 g/mol. The molecule has 0 saturated heterocycles. The van der Waals surface area contributed by atoms with Crippen LogP contribution < -0.4 is 5.56 Å². The van der Waals surface area contributed by atoms with Crippen molar-refractivity contribution in [3.05, 3.63) is 57.5 Å². The van der Waals surface area contributed by atoms with Crippen molar-refractivity contribution in [1.29, 1.82) is 5.26 Å². The molecule has 5 heteroatoms. The fourth-order valence-electron chi connectivity index (χ4n) is 1.74. The summed E-state index contributed by atoms with van der Waals surface area (Å²) in [6, 6.07) is 6.14. The Labute approximate surface area is 101 Å². The van der Waals surface area contributed by atoms with E-state index in [2.05, 4.69) is 4.98 Å². The molecule has 0 amide bonds. The number of pyridine rings is 1. The summed E-state index contributed by atoms with van der Waals surface area (Å²) in [5.41, 5.74) is 0.164. The number of nitrogens with zero attached hydrogens (tertiary/aromatic N) is 1. The first-order chi connectivity index (χ1) is 8.51. The van der Waals surface area contributed by atoms with Gasteiger partial charge in [-0.25, -0.2) is 8.78 Å². The van der Waals surface area contributed by atoms with Gasteiger partial charge in [-0.05, 0) is 30.7 Å². The number of nitriles is 1. The number of rotatable bonds is 1. The second kappa shape index (κ2) is 4.41. The molecule has 0 radical (unpaired) electrons.